The monoisotopic (exact) mass is 536 g/mol. The van der Waals surface area contributed by atoms with Gasteiger partial charge in [-0.15, -0.1) is 11.3 Å². The standard InChI is InChI=1S/C27H28N4O6S/c1-16-3-4-17-9-23(16)36-13-25(32)28-11-18-5-6-19(10-24(18)35-2)37-22-7-8-31(12-20(22)30-26(17)33)27(34)21-14-38-15-29-21/h3-6,9-10,14-15,20,22H,7-8,11-13H2,1-2H3,(H,28,32)(H,30,33)/t20-,22+/m0/s1. The lowest BCUT2D eigenvalue weighted by molar-refractivity contribution is -0.123. The van der Waals surface area contributed by atoms with Crippen LogP contribution in [-0.2, 0) is 11.3 Å². The first-order valence-corrected chi connectivity index (χ1v) is 13.2. The number of amides is 3. The predicted octanol–water partition coefficient (Wildman–Crippen LogP) is 2.56. The van der Waals surface area contributed by atoms with Gasteiger partial charge in [0.05, 0.1) is 18.7 Å². The maximum atomic E-state index is 13.3. The lowest BCUT2D eigenvalue weighted by atomic mass is 10.0. The molecule has 0 unspecified atom stereocenters. The molecule has 0 saturated carbocycles. The third kappa shape index (κ3) is 5.57. The number of rotatable bonds is 2. The molecule has 2 aromatic carbocycles. The lowest BCUT2D eigenvalue weighted by Crippen LogP contribution is -2.58. The molecular formula is C27H28N4O6S. The molecule has 3 aliphatic heterocycles. The van der Waals surface area contributed by atoms with E-state index in [1.807, 2.05) is 13.0 Å². The fourth-order valence-electron chi connectivity index (χ4n) is 4.53. The Hall–Kier alpha value is -4.12. The number of thiazole rings is 1. The quantitative estimate of drug-likeness (QED) is 0.517. The zero-order chi connectivity index (χ0) is 26.6. The van der Waals surface area contributed by atoms with Crippen LogP contribution in [0.25, 0.3) is 0 Å². The highest BCUT2D eigenvalue weighted by Crippen LogP contribution is 2.28. The van der Waals surface area contributed by atoms with Crippen molar-refractivity contribution in [2.45, 2.75) is 32.0 Å². The van der Waals surface area contributed by atoms with Crippen molar-refractivity contribution in [1.29, 1.82) is 0 Å². The van der Waals surface area contributed by atoms with Gasteiger partial charge in [0.15, 0.2) is 6.61 Å². The smallest absolute Gasteiger partial charge is 0.273 e. The summed E-state index contributed by atoms with van der Waals surface area (Å²) in [6.45, 7) is 2.61. The molecule has 4 bridgehead atoms. The molecular weight excluding hydrogens is 508 g/mol. The zero-order valence-electron chi connectivity index (χ0n) is 21.1. The van der Waals surface area contributed by atoms with Gasteiger partial charge < -0.3 is 29.7 Å². The van der Waals surface area contributed by atoms with Crippen LogP contribution in [0.5, 0.6) is 17.2 Å². The van der Waals surface area contributed by atoms with Crippen molar-refractivity contribution in [3.8, 4) is 17.2 Å². The number of ether oxygens (including phenoxy) is 3. The van der Waals surface area contributed by atoms with Crippen LogP contribution in [0.3, 0.4) is 0 Å². The maximum Gasteiger partial charge on any atom is 0.273 e. The molecule has 10 nitrogen and oxygen atoms in total. The van der Waals surface area contributed by atoms with Crippen molar-refractivity contribution in [2.24, 2.45) is 0 Å². The Balaban J connectivity index is 1.47. The first-order chi connectivity index (χ1) is 18.4. The minimum absolute atomic E-state index is 0.184. The lowest BCUT2D eigenvalue weighted by Gasteiger charge is -2.38. The van der Waals surface area contributed by atoms with E-state index in [0.717, 1.165) is 11.1 Å². The second-order valence-electron chi connectivity index (χ2n) is 9.17. The largest absolute Gasteiger partial charge is 0.496 e. The molecule has 38 heavy (non-hydrogen) atoms. The topological polar surface area (TPSA) is 119 Å². The second-order valence-corrected chi connectivity index (χ2v) is 9.89. The van der Waals surface area contributed by atoms with Gasteiger partial charge in [0.25, 0.3) is 17.7 Å². The van der Waals surface area contributed by atoms with Gasteiger partial charge in [-0.05, 0) is 36.8 Å². The number of fused-ring (bicyclic) bond motifs is 7. The molecule has 0 radical (unpaired) electrons. The van der Waals surface area contributed by atoms with E-state index in [2.05, 4.69) is 15.6 Å². The third-order valence-corrected chi connectivity index (χ3v) is 7.22. The van der Waals surface area contributed by atoms with E-state index < -0.39 is 12.1 Å². The van der Waals surface area contributed by atoms with Gasteiger partial charge in [-0.25, -0.2) is 4.98 Å². The van der Waals surface area contributed by atoms with E-state index in [4.69, 9.17) is 14.2 Å². The number of aromatic nitrogens is 1. The molecule has 11 heteroatoms. The van der Waals surface area contributed by atoms with E-state index in [1.165, 1.54) is 11.3 Å². The number of nitrogens with zero attached hydrogens (tertiary/aromatic N) is 2. The summed E-state index contributed by atoms with van der Waals surface area (Å²) in [4.78, 5) is 44.6. The van der Waals surface area contributed by atoms with Gasteiger partial charge >= 0.3 is 0 Å². The van der Waals surface area contributed by atoms with Gasteiger partial charge in [0.2, 0.25) is 0 Å². The summed E-state index contributed by atoms with van der Waals surface area (Å²) < 4.78 is 17.6. The molecule has 1 fully saturated rings. The molecule has 0 aliphatic carbocycles. The molecule has 1 aromatic heterocycles. The molecule has 3 amide bonds. The molecule has 6 rings (SSSR count). The van der Waals surface area contributed by atoms with E-state index in [-0.39, 0.29) is 37.4 Å². The van der Waals surface area contributed by atoms with E-state index in [0.29, 0.717) is 41.5 Å². The zero-order valence-corrected chi connectivity index (χ0v) is 21.9. The van der Waals surface area contributed by atoms with Crippen molar-refractivity contribution in [3.05, 3.63) is 69.7 Å². The van der Waals surface area contributed by atoms with Gasteiger partial charge in [-0.2, -0.15) is 0 Å². The average Bonchev–Trinajstić information content (AvgIpc) is 3.47. The SMILES string of the molecule is COc1cc2ccc1CNC(=O)COc1cc(ccc1C)C(=O)N[C@H]1CN(C(=O)c3cscn3)CC[C@H]1O2. The molecule has 2 atom stereocenters. The van der Waals surface area contributed by atoms with Gasteiger partial charge in [0, 0.05) is 48.6 Å². The Morgan fingerprint density at radius 2 is 2.08 bits per heavy atom. The van der Waals surface area contributed by atoms with Crippen LogP contribution in [0.15, 0.2) is 47.3 Å². The Kier molecular flexibility index (Phi) is 7.45. The van der Waals surface area contributed by atoms with Crippen molar-refractivity contribution < 1.29 is 28.6 Å². The molecule has 2 N–H and O–H groups in total. The number of carbonyl (C=O) groups is 3. The fourth-order valence-corrected chi connectivity index (χ4v) is 5.06. The average molecular weight is 537 g/mol. The number of hydrogen-bond donors (Lipinski definition) is 2. The summed E-state index contributed by atoms with van der Waals surface area (Å²) >= 11 is 1.36. The van der Waals surface area contributed by atoms with Crippen molar-refractivity contribution >= 4 is 29.1 Å². The summed E-state index contributed by atoms with van der Waals surface area (Å²) in [7, 11) is 1.55. The Bertz CT molecular complexity index is 1350. The van der Waals surface area contributed by atoms with Gasteiger partial charge in [-0.3, -0.25) is 14.4 Å². The van der Waals surface area contributed by atoms with Crippen LogP contribution in [0, 0.1) is 6.92 Å². The summed E-state index contributed by atoms with van der Waals surface area (Å²) in [5.74, 6) is 0.741. The predicted molar refractivity (Wildman–Crippen MR) is 140 cm³/mol. The number of carbonyl (C=O) groups excluding carboxylic acids is 3. The molecule has 3 aromatic rings. The first kappa shape index (κ1) is 25.5. The number of benzene rings is 2. The number of methoxy groups -OCH3 is 1. The number of nitrogens with one attached hydrogen (secondary N) is 2. The van der Waals surface area contributed by atoms with E-state index in [1.54, 1.807) is 53.2 Å². The van der Waals surface area contributed by atoms with Crippen molar-refractivity contribution in [2.75, 3.05) is 26.8 Å². The van der Waals surface area contributed by atoms with Crippen LogP contribution < -0.4 is 24.8 Å². The Labute approximate surface area is 223 Å². The van der Waals surface area contributed by atoms with Crippen LogP contribution in [0.4, 0.5) is 0 Å². The highest BCUT2D eigenvalue weighted by Gasteiger charge is 2.35. The molecule has 3 aliphatic rings. The maximum absolute atomic E-state index is 13.3. The number of aryl methyl sites for hydroxylation is 1. The first-order valence-electron chi connectivity index (χ1n) is 12.2. The van der Waals surface area contributed by atoms with Crippen molar-refractivity contribution in [3.63, 3.8) is 0 Å². The normalized spacial score (nSPS) is 19.8. The Morgan fingerprint density at radius 3 is 2.87 bits per heavy atom. The van der Waals surface area contributed by atoms with Crippen LogP contribution >= 0.6 is 11.3 Å². The molecule has 1 saturated heterocycles. The molecule has 198 valence electrons. The van der Waals surface area contributed by atoms with Crippen LogP contribution in [-0.4, -0.2) is 66.6 Å². The third-order valence-electron chi connectivity index (χ3n) is 6.64. The van der Waals surface area contributed by atoms with Crippen LogP contribution in [0.1, 0.15) is 38.4 Å². The van der Waals surface area contributed by atoms with Crippen LogP contribution in [0.2, 0.25) is 0 Å². The van der Waals surface area contributed by atoms with Crippen molar-refractivity contribution in [1.82, 2.24) is 20.5 Å². The molecule has 0 spiro atoms. The van der Waals surface area contributed by atoms with Gasteiger partial charge in [0.1, 0.15) is 29.0 Å². The second kappa shape index (κ2) is 11.1. The van der Waals surface area contributed by atoms with Gasteiger partial charge in [-0.1, -0.05) is 6.07 Å². The highest BCUT2D eigenvalue weighted by atomic mass is 32.1. The Morgan fingerprint density at radius 1 is 1.21 bits per heavy atom. The highest BCUT2D eigenvalue weighted by molar-refractivity contribution is 7.07. The van der Waals surface area contributed by atoms with E-state index >= 15 is 0 Å². The minimum Gasteiger partial charge on any atom is -0.496 e. The summed E-state index contributed by atoms with van der Waals surface area (Å²) in [6.07, 6.45) is 0.106. The summed E-state index contributed by atoms with van der Waals surface area (Å²) in [5, 5.41) is 7.60. The van der Waals surface area contributed by atoms with E-state index in [9.17, 15) is 14.4 Å². The number of piperidine rings is 1. The number of hydrogen-bond acceptors (Lipinski definition) is 8. The fraction of sp³-hybridized carbons (Fsp3) is 0.333. The molecule has 4 heterocycles. The summed E-state index contributed by atoms with van der Waals surface area (Å²) in [6, 6.07) is 9.99. The number of likely N-dealkylation sites (tertiary alicyclic amines) is 1. The summed E-state index contributed by atoms with van der Waals surface area (Å²) in [5.41, 5.74) is 3.96. The minimum atomic E-state index is -0.492.